The Kier molecular flexibility index (Phi) is 6.28. The maximum Gasteiger partial charge on any atom is 0.305 e. The summed E-state index contributed by atoms with van der Waals surface area (Å²) in [6, 6.07) is 0.137. The van der Waals surface area contributed by atoms with Crippen LogP contribution in [0.25, 0.3) is 0 Å². The zero-order valence-electron chi connectivity index (χ0n) is 12.4. The van der Waals surface area contributed by atoms with Crippen LogP contribution in [0.2, 0.25) is 0 Å². The van der Waals surface area contributed by atoms with Crippen LogP contribution in [0.5, 0.6) is 0 Å². The molecule has 1 saturated heterocycles. The predicted molar refractivity (Wildman–Crippen MR) is 73.6 cm³/mol. The third-order valence-electron chi connectivity index (χ3n) is 3.61. The summed E-state index contributed by atoms with van der Waals surface area (Å²) in [5, 5.41) is 3.07. The van der Waals surface area contributed by atoms with Crippen LogP contribution < -0.4 is 5.32 Å². The van der Waals surface area contributed by atoms with Crippen LogP contribution in [-0.2, 0) is 14.3 Å². The number of amides is 1. The van der Waals surface area contributed by atoms with Gasteiger partial charge in [-0.1, -0.05) is 20.8 Å². The fraction of sp³-hybridized carbons (Fsp3) is 0.857. The van der Waals surface area contributed by atoms with Crippen molar-refractivity contribution < 1.29 is 14.3 Å². The quantitative estimate of drug-likeness (QED) is 0.758. The van der Waals surface area contributed by atoms with Gasteiger partial charge in [0.25, 0.3) is 0 Å². The molecule has 0 bridgehead atoms. The van der Waals surface area contributed by atoms with Crippen molar-refractivity contribution in [3.8, 4) is 0 Å². The molecule has 0 spiro atoms. The molecule has 0 saturated carbocycles. The van der Waals surface area contributed by atoms with E-state index in [2.05, 4.69) is 17.1 Å². The molecule has 2 atom stereocenters. The van der Waals surface area contributed by atoms with Crippen LogP contribution in [0, 0.1) is 11.8 Å². The van der Waals surface area contributed by atoms with Crippen LogP contribution in [0.15, 0.2) is 0 Å². The van der Waals surface area contributed by atoms with Crippen LogP contribution >= 0.6 is 0 Å². The first-order valence-electron chi connectivity index (χ1n) is 7.05. The highest BCUT2D eigenvalue weighted by Gasteiger charge is 2.29. The van der Waals surface area contributed by atoms with E-state index in [1.807, 2.05) is 13.8 Å². The first kappa shape index (κ1) is 16.0. The van der Waals surface area contributed by atoms with Crippen molar-refractivity contribution >= 4 is 11.9 Å². The summed E-state index contributed by atoms with van der Waals surface area (Å²) in [4.78, 5) is 25.4. The van der Waals surface area contributed by atoms with E-state index in [-0.39, 0.29) is 29.8 Å². The van der Waals surface area contributed by atoms with Crippen LogP contribution in [0.4, 0.5) is 0 Å². The van der Waals surface area contributed by atoms with Gasteiger partial charge in [-0.05, 0) is 18.9 Å². The molecule has 0 aromatic rings. The smallest absolute Gasteiger partial charge is 0.305 e. The van der Waals surface area contributed by atoms with Gasteiger partial charge in [-0.3, -0.25) is 9.59 Å². The fourth-order valence-electron chi connectivity index (χ4n) is 2.50. The summed E-state index contributed by atoms with van der Waals surface area (Å²) in [7, 11) is 1.42. The van der Waals surface area contributed by atoms with Gasteiger partial charge in [-0.2, -0.15) is 0 Å². The molecule has 2 unspecified atom stereocenters. The third kappa shape index (κ3) is 5.19. The maximum absolute atomic E-state index is 11.8. The van der Waals surface area contributed by atoms with Crippen LogP contribution in [0.3, 0.4) is 0 Å². The lowest BCUT2D eigenvalue weighted by Crippen LogP contribution is -2.51. The molecular weight excluding hydrogens is 244 g/mol. The lowest BCUT2D eigenvalue weighted by molar-refractivity contribution is -0.142. The minimum atomic E-state index is -0.170. The van der Waals surface area contributed by atoms with Crippen molar-refractivity contribution in [1.82, 2.24) is 10.2 Å². The van der Waals surface area contributed by atoms with E-state index in [9.17, 15) is 9.59 Å². The molecule has 19 heavy (non-hydrogen) atoms. The van der Waals surface area contributed by atoms with Gasteiger partial charge in [0.05, 0.1) is 7.11 Å². The number of hydrogen-bond acceptors (Lipinski definition) is 4. The van der Waals surface area contributed by atoms with Crippen LogP contribution in [0.1, 0.15) is 33.6 Å². The third-order valence-corrected chi connectivity index (χ3v) is 3.61. The summed E-state index contributed by atoms with van der Waals surface area (Å²) in [5.74, 6) is 0.173. The number of likely N-dealkylation sites (N-methyl/N-ethyl adjacent to an activating group) is 1. The van der Waals surface area contributed by atoms with Gasteiger partial charge < -0.3 is 15.0 Å². The van der Waals surface area contributed by atoms with Crippen LogP contribution in [-0.4, -0.2) is 49.6 Å². The molecule has 0 aromatic carbocycles. The first-order chi connectivity index (χ1) is 8.96. The number of piperidine rings is 1. The molecule has 110 valence electrons. The van der Waals surface area contributed by atoms with Gasteiger partial charge in [-0.15, -0.1) is 0 Å². The highest BCUT2D eigenvalue weighted by molar-refractivity contribution is 5.78. The minimum Gasteiger partial charge on any atom is -0.469 e. The average Bonchev–Trinajstić information content (AvgIpc) is 2.37. The molecule has 1 fully saturated rings. The van der Waals surface area contributed by atoms with Gasteiger partial charge >= 0.3 is 5.97 Å². The van der Waals surface area contributed by atoms with Gasteiger partial charge in [0.2, 0.25) is 5.91 Å². The second kappa shape index (κ2) is 7.48. The summed E-state index contributed by atoms with van der Waals surface area (Å²) in [5.41, 5.74) is 0. The second-order valence-electron chi connectivity index (χ2n) is 5.59. The number of rotatable bonds is 5. The number of nitrogens with one attached hydrogen (secondary N) is 1. The lowest BCUT2D eigenvalue weighted by atomic mass is 9.91. The Hall–Kier alpha value is -1.10. The normalized spacial score (nSPS) is 24.3. The van der Waals surface area contributed by atoms with E-state index in [0.717, 1.165) is 26.1 Å². The predicted octanol–water partition coefficient (Wildman–Crippen LogP) is 1.03. The molecule has 0 aromatic heterocycles. The monoisotopic (exact) mass is 270 g/mol. The summed E-state index contributed by atoms with van der Waals surface area (Å²) >= 11 is 0. The Morgan fingerprint density at radius 1 is 1.37 bits per heavy atom. The number of nitrogens with zero attached hydrogens (tertiary/aromatic N) is 1. The minimum absolute atomic E-state index is 0.00365. The molecule has 5 nitrogen and oxygen atoms in total. The van der Waals surface area contributed by atoms with E-state index in [1.54, 1.807) is 0 Å². The average molecular weight is 270 g/mol. The first-order valence-corrected chi connectivity index (χ1v) is 7.05. The molecule has 1 amide bonds. The van der Waals surface area contributed by atoms with Crippen molar-refractivity contribution in [2.24, 2.45) is 11.8 Å². The number of likely N-dealkylation sites (tertiary alicyclic amines) is 1. The van der Waals surface area contributed by atoms with Gasteiger partial charge in [0.15, 0.2) is 0 Å². The van der Waals surface area contributed by atoms with Crippen molar-refractivity contribution in [2.75, 3.05) is 26.7 Å². The number of carbonyl (C=O) groups excluding carboxylic acids is 2. The molecule has 1 aliphatic rings. The Morgan fingerprint density at radius 2 is 2.05 bits per heavy atom. The molecule has 1 N–H and O–H groups in total. The summed E-state index contributed by atoms with van der Waals surface area (Å²) in [6.07, 6.45) is 1.28. The number of ether oxygens (including phenoxy) is 1. The summed E-state index contributed by atoms with van der Waals surface area (Å²) in [6.45, 7) is 8.59. The number of esters is 1. The van der Waals surface area contributed by atoms with Crippen molar-refractivity contribution in [3.05, 3.63) is 0 Å². The summed E-state index contributed by atoms with van der Waals surface area (Å²) < 4.78 is 4.73. The molecule has 0 radical (unpaired) electrons. The highest BCUT2D eigenvalue weighted by atomic mass is 16.5. The van der Waals surface area contributed by atoms with E-state index in [1.165, 1.54) is 7.11 Å². The van der Waals surface area contributed by atoms with Gasteiger partial charge in [-0.25, -0.2) is 0 Å². The fourth-order valence-corrected chi connectivity index (χ4v) is 2.50. The maximum atomic E-state index is 11.8. The molecule has 5 heteroatoms. The number of methoxy groups -OCH3 is 1. The van der Waals surface area contributed by atoms with E-state index in [4.69, 9.17) is 4.74 Å². The number of carbonyl (C=O) groups is 2. The SMILES string of the molecule is CCN1CC(CC(=O)OC)CC(NC(=O)C(C)C)C1. The second-order valence-corrected chi connectivity index (χ2v) is 5.59. The molecule has 1 rings (SSSR count). The zero-order valence-corrected chi connectivity index (χ0v) is 12.4. The Labute approximate surface area is 115 Å². The molecule has 1 aliphatic heterocycles. The van der Waals surface area contributed by atoms with E-state index < -0.39 is 0 Å². The topological polar surface area (TPSA) is 58.6 Å². The molecule has 0 aliphatic carbocycles. The highest BCUT2D eigenvalue weighted by Crippen LogP contribution is 2.20. The van der Waals surface area contributed by atoms with Gasteiger partial charge in [0.1, 0.15) is 0 Å². The van der Waals surface area contributed by atoms with Crippen molar-refractivity contribution in [3.63, 3.8) is 0 Å². The number of hydrogen-bond donors (Lipinski definition) is 1. The zero-order chi connectivity index (χ0) is 14.4. The van der Waals surface area contributed by atoms with E-state index in [0.29, 0.717) is 6.42 Å². The molecular formula is C14H26N2O3. The largest absolute Gasteiger partial charge is 0.469 e. The standard InChI is InChI=1S/C14H26N2O3/c1-5-16-8-11(7-13(17)19-4)6-12(9-16)15-14(18)10(2)3/h10-12H,5-9H2,1-4H3,(H,15,18). The van der Waals surface area contributed by atoms with E-state index >= 15 is 0 Å². The lowest BCUT2D eigenvalue weighted by Gasteiger charge is -2.37. The Balaban J connectivity index is 2.57. The van der Waals surface area contributed by atoms with Gasteiger partial charge in [0, 0.05) is 31.5 Å². The van der Waals surface area contributed by atoms with Crippen molar-refractivity contribution in [1.29, 1.82) is 0 Å². The Bertz CT molecular complexity index is 318. The van der Waals surface area contributed by atoms with Crippen molar-refractivity contribution in [2.45, 2.75) is 39.7 Å². The molecule has 1 heterocycles. The Morgan fingerprint density at radius 3 is 2.58 bits per heavy atom.